The van der Waals surface area contributed by atoms with E-state index in [0.29, 0.717) is 16.8 Å². The van der Waals surface area contributed by atoms with Gasteiger partial charge in [0.05, 0.1) is 11.1 Å². The number of benzene rings is 2. The van der Waals surface area contributed by atoms with Gasteiger partial charge < -0.3 is 14.6 Å². The minimum atomic E-state index is -0.642. The molecule has 0 fully saturated rings. The quantitative estimate of drug-likeness (QED) is 0.490. The summed E-state index contributed by atoms with van der Waals surface area (Å²) in [5, 5.41) is 0.792. The number of nitrogens with zero attached hydrogens (tertiary/aromatic N) is 1. The Labute approximate surface area is 165 Å². The second kappa shape index (κ2) is 8.85. The monoisotopic (exact) mass is 378 g/mol. The number of aryl methyl sites for hydroxylation is 1. The van der Waals surface area contributed by atoms with Crippen molar-refractivity contribution in [1.82, 2.24) is 9.88 Å². The zero-order chi connectivity index (χ0) is 20.1. The molecule has 146 valence electrons. The topological polar surface area (TPSA) is 62.4 Å². The van der Waals surface area contributed by atoms with E-state index in [1.807, 2.05) is 25.1 Å². The minimum Gasteiger partial charge on any atom is -0.386 e. The molecule has 28 heavy (non-hydrogen) atoms. The van der Waals surface area contributed by atoms with E-state index in [2.05, 4.69) is 29.8 Å². The fourth-order valence-corrected chi connectivity index (χ4v) is 3.39. The SMILES string of the molecule is CCN(CC)CCc1ccc2[nH]c(C)c(C(=O)OC(=O)c3ccccc3)c2c1. The number of H-pyrrole nitrogens is 1. The molecule has 0 saturated carbocycles. The molecule has 1 aromatic heterocycles. The molecule has 3 rings (SSSR count). The first-order chi connectivity index (χ1) is 13.5. The van der Waals surface area contributed by atoms with Crippen LogP contribution in [0, 0.1) is 6.92 Å². The van der Waals surface area contributed by atoms with E-state index in [0.717, 1.165) is 42.5 Å². The van der Waals surface area contributed by atoms with Crippen molar-refractivity contribution in [3.63, 3.8) is 0 Å². The van der Waals surface area contributed by atoms with E-state index in [1.165, 1.54) is 0 Å². The third-order valence-electron chi connectivity index (χ3n) is 5.06. The van der Waals surface area contributed by atoms with Crippen LogP contribution in [0.2, 0.25) is 0 Å². The maximum absolute atomic E-state index is 12.7. The number of rotatable bonds is 7. The minimum absolute atomic E-state index is 0.355. The van der Waals surface area contributed by atoms with Crippen LogP contribution in [-0.2, 0) is 11.2 Å². The number of fused-ring (bicyclic) bond motifs is 1. The van der Waals surface area contributed by atoms with Crippen molar-refractivity contribution in [3.05, 3.63) is 70.9 Å². The van der Waals surface area contributed by atoms with Crippen LogP contribution in [0.3, 0.4) is 0 Å². The molecule has 2 aromatic carbocycles. The van der Waals surface area contributed by atoms with Crippen molar-refractivity contribution in [3.8, 4) is 0 Å². The number of carbonyl (C=O) groups is 2. The standard InChI is InChI=1S/C23H26N2O3/c1-4-25(5-2)14-13-17-11-12-20-19(15-17)21(16(3)24-20)23(27)28-22(26)18-9-7-6-8-10-18/h6-12,15,24H,4-5,13-14H2,1-3H3. The van der Waals surface area contributed by atoms with Crippen molar-refractivity contribution in [2.24, 2.45) is 0 Å². The number of aromatic amines is 1. The molecule has 0 atom stereocenters. The number of likely N-dealkylation sites (N-methyl/N-ethyl adjacent to an activating group) is 1. The Hall–Kier alpha value is -2.92. The predicted octanol–water partition coefficient (Wildman–Crippen LogP) is 4.36. The van der Waals surface area contributed by atoms with E-state index in [4.69, 9.17) is 4.74 Å². The van der Waals surface area contributed by atoms with Crippen LogP contribution < -0.4 is 0 Å². The number of aromatic nitrogens is 1. The summed E-state index contributed by atoms with van der Waals surface area (Å²) in [6.07, 6.45) is 0.902. The zero-order valence-corrected chi connectivity index (χ0v) is 16.6. The van der Waals surface area contributed by atoms with Crippen LogP contribution in [0.1, 0.15) is 45.8 Å². The molecule has 0 aliphatic heterocycles. The Morgan fingerprint density at radius 1 is 1.00 bits per heavy atom. The lowest BCUT2D eigenvalue weighted by Gasteiger charge is -2.17. The molecule has 0 saturated heterocycles. The maximum Gasteiger partial charge on any atom is 0.348 e. The summed E-state index contributed by atoms with van der Waals surface area (Å²) < 4.78 is 5.14. The molecular formula is C23H26N2O3. The normalized spacial score (nSPS) is 11.1. The number of carbonyl (C=O) groups excluding carboxylic acids is 2. The maximum atomic E-state index is 12.7. The van der Waals surface area contributed by atoms with Gasteiger partial charge in [-0.25, -0.2) is 9.59 Å². The molecule has 5 heteroatoms. The number of hydrogen-bond donors (Lipinski definition) is 1. The van der Waals surface area contributed by atoms with Gasteiger partial charge in [-0.05, 0) is 56.3 Å². The summed E-state index contributed by atoms with van der Waals surface area (Å²) in [6.45, 7) is 9.12. The Kier molecular flexibility index (Phi) is 6.26. The van der Waals surface area contributed by atoms with Gasteiger partial charge in [-0.3, -0.25) is 0 Å². The Balaban J connectivity index is 1.83. The molecule has 1 N–H and O–H groups in total. The molecule has 0 aliphatic rings. The van der Waals surface area contributed by atoms with Gasteiger partial charge in [-0.2, -0.15) is 0 Å². The van der Waals surface area contributed by atoms with Crippen LogP contribution in [0.4, 0.5) is 0 Å². The van der Waals surface area contributed by atoms with E-state index < -0.39 is 11.9 Å². The lowest BCUT2D eigenvalue weighted by atomic mass is 10.1. The number of hydrogen-bond acceptors (Lipinski definition) is 4. The summed E-state index contributed by atoms with van der Waals surface area (Å²) in [7, 11) is 0. The number of esters is 2. The van der Waals surface area contributed by atoms with Crippen molar-refractivity contribution < 1.29 is 14.3 Å². The average Bonchev–Trinajstić information content (AvgIpc) is 3.04. The summed E-state index contributed by atoms with van der Waals surface area (Å²) >= 11 is 0. The van der Waals surface area contributed by atoms with E-state index in [-0.39, 0.29) is 0 Å². The van der Waals surface area contributed by atoms with Gasteiger partial charge in [0.1, 0.15) is 0 Å². The second-order valence-corrected chi connectivity index (χ2v) is 6.82. The van der Waals surface area contributed by atoms with E-state index in [1.54, 1.807) is 24.3 Å². The number of ether oxygens (including phenoxy) is 1. The lowest BCUT2D eigenvalue weighted by molar-refractivity contribution is 0.0399. The highest BCUT2D eigenvalue weighted by Gasteiger charge is 2.21. The second-order valence-electron chi connectivity index (χ2n) is 6.82. The van der Waals surface area contributed by atoms with Gasteiger partial charge in [0.2, 0.25) is 0 Å². The first-order valence-electron chi connectivity index (χ1n) is 9.68. The van der Waals surface area contributed by atoms with Gasteiger partial charge in [0.15, 0.2) is 0 Å². The van der Waals surface area contributed by atoms with Crippen molar-refractivity contribution in [1.29, 1.82) is 0 Å². The van der Waals surface area contributed by atoms with E-state index in [9.17, 15) is 9.59 Å². The van der Waals surface area contributed by atoms with Crippen LogP contribution in [-0.4, -0.2) is 41.5 Å². The van der Waals surface area contributed by atoms with E-state index >= 15 is 0 Å². The largest absolute Gasteiger partial charge is 0.386 e. The highest BCUT2D eigenvalue weighted by Crippen LogP contribution is 2.25. The van der Waals surface area contributed by atoms with Gasteiger partial charge >= 0.3 is 11.9 Å². The molecular weight excluding hydrogens is 352 g/mol. The molecule has 0 bridgehead atoms. The first kappa shape index (κ1) is 19.8. The summed E-state index contributed by atoms with van der Waals surface area (Å²) in [5.74, 6) is -1.27. The molecule has 0 amide bonds. The molecule has 1 heterocycles. The third kappa shape index (κ3) is 4.31. The van der Waals surface area contributed by atoms with Crippen molar-refractivity contribution in [2.75, 3.05) is 19.6 Å². The Bertz CT molecular complexity index is 972. The highest BCUT2D eigenvalue weighted by atomic mass is 16.6. The Morgan fingerprint density at radius 3 is 2.39 bits per heavy atom. The van der Waals surface area contributed by atoms with Gasteiger partial charge in [0.25, 0.3) is 0 Å². The smallest absolute Gasteiger partial charge is 0.348 e. The van der Waals surface area contributed by atoms with Crippen molar-refractivity contribution in [2.45, 2.75) is 27.2 Å². The van der Waals surface area contributed by atoms with Gasteiger partial charge in [0, 0.05) is 23.1 Å². The molecule has 0 aliphatic carbocycles. The molecule has 3 aromatic rings. The summed E-state index contributed by atoms with van der Waals surface area (Å²) in [5.41, 5.74) is 3.49. The van der Waals surface area contributed by atoms with Crippen LogP contribution in [0.15, 0.2) is 48.5 Å². The van der Waals surface area contributed by atoms with Gasteiger partial charge in [-0.15, -0.1) is 0 Å². The molecule has 0 spiro atoms. The average molecular weight is 378 g/mol. The zero-order valence-electron chi connectivity index (χ0n) is 16.6. The van der Waals surface area contributed by atoms with Crippen LogP contribution >= 0.6 is 0 Å². The molecule has 5 nitrogen and oxygen atoms in total. The van der Waals surface area contributed by atoms with Crippen molar-refractivity contribution >= 4 is 22.8 Å². The van der Waals surface area contributed by atoms with Crippen LogP contribution in [0.5, 0.6) is 0 Å². The molecule has 0 radical (unpaired) electrons. The van der Waals surface area contributed by atoms with Crippen LogP contribution in [0.25, 0.3) is 10.9 Å². The summed E-state index contributed by atoms with van der Waals surface area (Å²) in [6, 6.07) is 14.6. The fraction of sp³-hybridized carbons (Fsp3) is 0.304. The summed E-state index contributed by atoms with van der Waals surface area (Å²) in [4.78, 5) is 30.5. The predicted molar refractivity (Wildman–Crippen MR) is 111 cm³/mol. The molecule has 0 unspecified atom stereocenters. The fourth-order valence-electron chi connectivity index (χ4n) is 3.39. The van der Waals surface area contributed by atoms with Gasteiger partial charge in [-0.1, -0.05) is 38.1 Å². The third-order valence-corrected chi connectivity index (χ3v) is 5.06. The highest BCUT2D eigenvalue weighted by molar-refractivity contribution is 6.10. The lowest BCUT2D eigenvalue weighted by Crippen LogP contribution is -2.25. The Morgan fingerprint density at radius 2 is 1.71 bits per heavy atom. The number of nitrogens with one attached hydrogen (secondary N) is 1. The first-order valence-corrected chi connectivity index (χ1v) is 9.68.